The molecule has 18 heavy (non-hydrogen) atoms. The SMILES string of the molecule is Cc1cc(-c2cc[nH]c2)nc(C(C#N)C(C)C)n1. The van der Waals surface area contributed by atoms with Crippen molar-refractivity contribution in [2.24, 2.45) is 5.92 Å². The first-order chi connectivity index (χ1) is 8.61. The Labute approximate surface area is 107 Å². The van der Waals surface area contributed by atoms with Crippen LogP contribution in [0.2, 0.25) is 0 Å². The van der Waals surface area contributed by atoms with E-state index in [9.17, 15) is 5.26 Å². The first-order valence-electron chi connectivity index (χ1n) is 6.00. The monoisotopic (exact) mass is 240 g/mol. The molecule has 4 nitrogen and oxygen atoms in total. The minimum Gasteiger partial charge on any atom is -0.367 e. The van der Waals surface area contributed by atoms with Gasteiger partial charge in [0.05, 0.1) is 11.8 Å². The van der Waals surface area contributed by atoms with Crippen LogP contribution < -0.4 is 0 Å². The van der Waals surface area contributed by atoms with E-state index in [1.807, 2.05) is 45.3 Å². The summed E-state index contributed by atoms with van der Waals surface area (Å²) in [7, 11) is 0. The van der Waals surface area contributed by atoms with Gasteiger partial charge in [0, 0.05) is 23.7 Å². The summed E-state index contributed by atoms with van der Waals surface area (Å²) in [4.78, 5) is 11.9. The molecule has 0 aliphatic heterocycles. The molecule has 2 aromatic rings. The molecule has 1 atom stereocenters. The normalized spacial score (nSPS) is 12.4. The molecule has 0 amide bonds. The third-order valence-corrected chi connectivity index (χ3v) is 2.85. The lowest BCUT2D eigenvalue weighted by Gasteiger charge is -2.13. The molecule has 2 aromatic heterocycles. The second kappa shape index (κ2) is 5.01. The molecule has 1 unspecified atom stereocenters. The number of aryl methyl sites for hydroxylation is 1. The molecule has 0 fully saturated rings. The van der Waals surface area contributed by atoms with Crippen LogP contribution in [0.3, 0.4) is 0 Å². The number of H-pyrrole nitrogens is 1. The smallest absolute Gasteiger partial charge is 0.146 e. The molecule has 0 saturated heterocycles. The van der Waals surface area contributed by atoms with Gasteiger partial charge < -0.3 is 4.98 Å². The number of hydrogen-bond donors (Lipinski definition) is 1. The largest absolute Gasteiger partial charge is 0.367 e. The maximum Gasteiger partial charge on any atom is 0.146 e. The van der Waals surface area contributed by atoms with Gasteiger partial charge in [-0.2, -0.15) is 5.26 Å². The first kappa shape index (κ1) is 12.3. The lowest BCUT2D eigenvalue weighted by atomic mass is 9.96. The van der Waals surface area contributed by atoms with E-state index in [4.69, 9.17) is 0 Å². The van der Waals surface area contributed by atoms with Crippen molar-refractivity contribution in [2.45, 2.75) is 26.7 Å². The van der Waals surface area contributed by atoms with Gasteiger partial charge in [-0.05, 0) is 25.0 Å². The summed E-state index contributed by atoms with van der Waals surface area (Å²) in [6.07, 6.45) is 3.75. The summed E-state index contributed by atoms with van der Waals surface area (Å²) in [5.74, 6) is 0.558. The third-order valence-electron chi connectivity index (χ3n) is 2.85. The van der Waals surface area contributed by atoms with E-state index in [0.29, 0.717) is 5.82 Å². The molecule has 2 heterocycles. The maximum atomic E-state index is 9.23. The van der Waals surface area contributed by atoms with Crippen molar-refractivity contribution in [1.82, 2.24) is 15.0 Å². The summed E-state index contributed by atoms with van der Waals surface area (Å²) in [5.41, 5.74) is 2.76. The highest BCUT2D eigenvalue weighted by Crippen LogP contribution is 2.24. The van der Waals surface area contributed by atoms with Crippen molar-refractivity contribution in [2.75, 3.05) is 0 Å². The maximum absolute atomic E-state index is 9.23. The number of nitrogens with one attached hydrogen (secondary N) is 1. The van der Waals surface area contributed by atoms with Crippen molar-refractivity contribution in [3.05, 3.63) is 36.0 Å². The van der Waals surface area contributed by atoms with E-state index in [-0.39, 0.29) is 11.8 Å². The number of aromatic nitrogens is 3. The zero-order valence-electron chi connectivity index (χ0n) is 10.8. The standard InChI is InChI=1S/C14H16N4/c1-9(2)12(7-15)14-17-10(3)6-13(18-14)11-4-5-16-8-11/h4-6,8-9,12,16H,1-3H3. The van der Waals surface area contributed by atoms with Crippen LogP contribution in [0, 0.1) is 24.2 Å². The molecule has 4 heteroatoms. The molecule has 0 bridgehead atoms. The predicted octanol–water partition coefficient (Wildman–Crippen LogP) is 3.04. The summed E-state index contributed by atoms with van der Waals surface area (Å²) >= 11 is 0. The lowest BCUT2D eigenvalue weighted by molar-refractivity contribution is 0.560. The van der Waals surface area contributed by atoms with Gasteiger partial charge in [-0.3, -0.25) is 0 Å². The van der Waals surface area contributed by atoms with Crippen LogP contribution in [0.15, 0.2) is 24.5 Å². The van der Waals surface area contributed by atoms with Crippen molar-refractivity contribution < 1.29 is 0 Å². The summed E-state index contributed by atoms with van der Waals surface area (Å²) in [6, 6.07) is 6.18. The lowest BCUT2D eigenvalue weighted by Crippen LogP contribution is -2.10. The molecule has 92 valence electrons. The Morgan fingerprint density at radius 1 is 1.33 bits per heavy atom. The molecule has 0 aliphatic carbocycles. The highest BCUT2D eigenvalue weighted by Gasteiger charge is 2.19. The Morgan fingerprint density at radius 2 is 2.11 bits per heavy atom. The zero-order chi connectivity index (χ0) is 13.1. The quantitative estimate of drug-likeness (QED) is 0.896. The average Bonchev–Trinajstić information content (AvgIpc) is 2.82. The minimum absolute atomic E-state index is 0.205. The third kappa shape index (κ3) is 2.40. The van der Waals surface area contributed by atoms with Crippen LogP contribution in [0.1, 0.15) is 31.3 Å². The Hall–Kier alpha value is -2.15. The highest BCUT2D eigenvalue weighted by atomic mass is 14.9. The molecule has 0 aliphatic rings. The number of nitrogens with zero attached hydrogens (tertiary/aromatic N) is 3. The molecule has 1 N–H and O–H groups in total. The van der Waals surface area contributed by atoms with E-state index >= 15 is 0 Å². The Balaban J connectivity index is 2.48. The fourth-order valence-corrected chi connectivity index (χ4v) is 1.87. The Morgan fingerprint density at radius 3 is 2.67 bits per heavy atom. The molecule has 2 rings (SSSR count). The van der Waals surface area contributed by atoms with E-state index in [1.165, 1.54) is 0 Å². The zero-order valence-corrected chi connectivity index (χ0v) is 10.8. The van der Waals surface area contributed by atoms with Crippen LogP contribution in [0.5, 0.6) is 0 Å². The van der Waals surface area contributed by atoms with Crippen molar-refractivity contribution in [1.29, 1.82) is 5.26 Å². The average molecular weight is 240 g/mol. The fraction of sp³-hybridized carbons (Fsp3) is 0.357. The Bertz CT molecular complexity index is 564. The first-order valence-corrected chi connectivity index (χ1v) is 6.00. The van der Waals surface area contributed by atoms with Crippen LogP contribution in [0.25, 0.3) is 11.3 Å². The number of aromatic amines is 1. The second-order valence-corrected chi connectivity index (χ2v) is 4.70. The van der Waals surface area contributed by atoms with Crippen LogP contribution in [-0.2, 0) is 0 Å². The van der Waals surface area contributed by atoms with Crippen LogP contribution >= 0.6 is 0 Å². The van der Waals surface area contributed by atoms with Crippen LogP contribution in [-0.4, -0.2) is 15.0 Å². The molecular formula is C14H16N4. The van der Waals surface area contributed by atoms with Gasteiger partial charge in [-0.25, -0.2) is 9.97 Å². The van der Waals surface area contributed by atoms with Gasteiger partial charge >= 0.3 is 0 Å². The number of hydrogen-bond acceptors (Lipinski definition) is 3. The molecule has 0 aromatic carbocycles. The summed E-state index contributed by atoms with van der Waals surface area (Å²) in [5, 5.41) is 9.23. The molecular weight excluding hydrogens is 224 g/mol. The van der Waals surface area contributed by atoms with Gasteiger partial charge in [-0.15, -0.1) is 0 Å². The van der Waals surface area contributed by atoms with Crippen molar-refractivity contribution in [3.63, 3.8) is 0 Å². The highest BCUT2D eigenvalue weighted by molar-refractivity contribution is 5.58. The van der Waals surface area contributed by atoms with E-state index in [1.54, 1.807) is 0 Å². The molecule has 0 radical (unpaired) electrons. The summed E-state index contributed by atoms with van der Waals surface area (Å²) < 4.78 is 0. The van der Waals surface area contributed by atoms with E-state index in [2.05, 4.69) is 21.0 Å². The van der Waals surface area contributed by atoms with Crippen LogP contribution in [0.4, 0.5) is 0 Å². The molecule has 0 saturated carbocycles. The van der Waals surface area contributed by atoms with Gasteiger partial charge in [0.15, 0.2) is 0 Å². The van der Waals surface area contributed by atoms with E-state index in [0.717, 1.165) is 17.0 Å². The van der Waals surface area contributed by atoms with Crippen molar-refractivity contribution >= 4 is 0 Å². The van der Waals surface area contributed by atoms with Gasteiger partial charge in [0.2, 0.25) is 0 Å². The summed E-state index contributed by atoms with van der Waals surface area (Å²) in [6.45, 7) is 5.95. The van der Waals surface area contributed by atoms with Gasteiger partial charge in [0.25, 0.3) is 0 Å². The number of rotatable bonds is 3. The number of nitriles is 1. The fourth-order valence-electron chi connectivity index (χ4n) is 1.87. The second-order valence-electron chi connectivity index (χ2n) is 4.70. The van der Waals surface area contributed by atoms with E-state index < -0.39 is 0 Å². The predicted molar refractivity (Wildman–Crippen MR) is 69.7 cm³/mol. The topological polar surface area (TPSA) is 65.4 Å². The molecule has 0 spiro atoms. The van der Waals surface area contributed by atoms with Crippen molar-refractivity contribution in [3.8, 4) is 17.3 Å². The Kier molecular flexibility index (Phi) is 3.42. The van der Waals surface area contributed by atoms with Gasteiger partial charge in [-0.1, -0.05) is 13.8 Å². The van der Waals surface area contributed by atoms with Gasteiger partial charge in [0.1, 0.15) is 11.7 Å². The minimum atomic E-state index is -0.261.